The van der Waals surface area contributed by atoms with Gasteiger partial charge in [-0.25, -0.2) is 0 Å². The van der Waals surface area contributed by atoms with E-state index in [1.807, 2.05) is 6.08 Å². The summed E-state index contributed by atoms with van der Waals surface area (Å²) >= 11 is 0. The number of carbonyl (C=O) groups excluding carboxylic acids is 2. The molecule has 464 valence electrons. The smallest absolute Gasteiger partial charge is 0.305 e. The van der Waals surface area contributed by atoms with E-state index in [1.165, 1.54) is 295 Å². The van der Waals surface area contributed by atoms with Gasteiger partial charge in [-0.15, -0.1) is 0 Å². The molecule has 0 aliphatic rings. The van der Waals surface area contributed by atoms with Crippen molar-refractivity contribution >= 4 is 11.9 Å². The second-order valence-corrected chi connectivity index (χ2v) is 24.2. The first-order valence-corrected chi connectivity index (χ1v) is 35.4. The zero-order valence-corrected chi connectivity index (χ0v) is 53.1. The van der Waals surface area contributed by atoms with E-state index >= 15 is 0 Å². The fourth-order valence-electron chi connectivity index (χ4n) is 10.9. The van der Waals surface area contributed by atoms with Crippen LogP contribution in [0.15, 0.2) is 48.6 Å². The molecule has 0 aromatic carbocycles. The summed E-state index contributed by atoms with van der Waals surface area (Å²) in [7, 11) is 0. The van der Waals surface area contributed by atoms with Crippen LogP contribution in [0.3, 0.4) is 0 Å². The molecule has 2 atom stereocenters. The van der Waals surface area contributed by atoms with Crippen molar-refractivity contribution in [3.05, 3.63) is 48.6 Å². The van der Waals surface area contributed by atoms with Gasteiger partial charge < -0.3 is 20.3 Å². The zero-order valence-electron chi connectivity index (χ0n) is 53.1. The van der Waals surface area contributed by atoms with Crippen molar-refractivity contribution in [2.24, 2.45) is 0 Å². The van der Waals surface area contributed by atoms with Gasteiger partial charge in [0.1, 0.15) is 0 Å². The topological polar surface area (TPSA) is 95.9 Å². The van der Waals surface area contributed by atoms with Crippen LogP contribution >= 0.6 is 0 Å². The maximum absolute atomic E-state index is 12.5. The number of esters is 1. The van der Waals surface area contributed by atoms with Crippen LogP contribution in [0.2, 0.25) is 0 Å². The van der Waals surface area contributed by atoms with Crippen LogP contribution in [0.25, 0.3) is 0 Å². The van der Waals surface area contributed by atoms with Crippen molar-refractivity contribution < 1.29 is 24.5 Å². The Balaban J connectivity index is 3.46. The highest BCUT2D eigenvalue weighted by Gasteiger charge is 2.18. The lowest BCUT2D eigenvalue weighted by atomic mass is 10.0. The quantitative estimate of drug-likeness (QED) is 0.0320. The largest absolute Gasteiger partial charge is 0.466 e. The number of carbonyl (C=O) groups is 2. The fourth-order valence-corrected chi connectivity index (χ4v) is 10.9. The SMILES string of the molecule is CCCCC/C=C\C/C=C\CCCCCCCCCCCC(=O)OCCCCCCCCCC/C=C\CCCCCCCCCC(=O)NC(CO)C(O)/C=C/CCCCCCCCCCCCCCCCCCCCCCCC. The molecule has 0 saturated heterocycles. The monoisotopic (exact) mass is 1110 g/mol. The second kappa shape index (κ2) is 68.3. The van der Waals surface area contributed by atoms with E-state index in [1.54, 1.807) is 6.08 Å². The number of hydrogen-bond donors (Lipinski definition) is 3. The number of hydrogen-bond acceptors (Lipinski definition) is 5. The van der Waals surface area contributed by atoms with Crippen LogP contribution in [-0.2, 0) is 14.3 Å². The molecule has 0 aliphatic carbocycles. The van der Waals surface area contributed by atoms with Gasteiger partial charge in [0.05, 0.1) is 25.4 Å². The molecule has 0 heterocycles. The number of aliphatic hydroxyl groups is 2. The maximum Gasteiger partial charge on any atom is 0.305 e. The van der Waals surface area contributed by atoms with Crippen LogP contribution in [0, 0.1) is 0 Å². The van der Waals surface area contributed by atoms with Gasteiger partial charge in [-0.1, -0.05) is 326 Å². The van der Waals surface area contributed by atoms with Crippen molar-refractivity contribution in [2.45, 2.75) is 392 Å². The number of amides is 1. The van der Waals surface area contributed by atoms with E-state index in [9.17, 15) is 19.8 Å². The fraction of sp³-hybridized carbons (Fsp3) is 0.863. The zero-order chi connectivity index (χ0) is 57.1. The summed E-state index contributed by atoms with van der Waals surface area (Å²) in [5, 5.41) is 23.3. The van der Waals surface area contributed by atoms with Crippen molar-refractivity contribution in [2.75, 3.05) is 13.2 Å². The molecular weight excluding hydrogens is 971 g/mol. The first-order chi connectivity index (χ1) is 39.0. The number of allylic oxidation sites excluding steroid dienone is 7. The lowest BCUT2D eigenvalue weighted by molar-refractivity contribution is -0.143. The van der Waals surface area contributed by atoms with E-state index in [-0.39, 0.29) is 18.5 Å². The molecule has 0 rings (SSSR count). The van der Waals surface area contributed by atoms with Crippen LogP contribution in [0.1, 0.15) is 380 Å². The molecule has 6 heteroatoms. The van der Waals surface area contributed by atoms with Gasteiger partial charge in [0.2, 0.25) is 5.91 Å². The normalized spacial score (nSPS) is 12.8. The molecule has 0 aliphatic heterocycles. The number of rotatable bonds is 66. The lowest BCUT2D eigenvalue weighted by Crippen LogP contribution is -2.45. The Hall–Kier alpha value is -2.18. The molecule has 0 aromatic rings. The Morgan fingerprint density at radius 3 is 1.00 bits per heavy atom. The Kier molecular flexibility index (Phi) is 66.4. The Bertz CT molecular complexity index is 1320. The van der Waals surface area contributed by atoms with E-state index in [0.29, 0.717) is 19.4 Å². The third kappa shape index (κ3) is 64.8. The predicted octanol–water partition coefficient (Wildman–Crippen LogP) is 22.9. The summed E-state index contributed by atoms with van der Waals surface area (Å²) in [6.07, 6.45) is 88.9. The average Bonchev–Trinajstić information content (AvgIpc) is 3.45. The van der Waals surface area contributed by atoms with Crippen LogP contribution in [0.5, 0.6) is 0 Å². The van der Waals surface area contributed by atoms with Crippen molar-refractivity contribution in [1.29, 1.82) is 0 Å². The van der Waals surface area contributed by atoms with Crippen molar-refractivity contribution in [3.8, 4) is 0 Å². The molecule has 0 spiro atoms. The molecule has 0 bridgehead atoms. The summed E-state index contributed by atoms with van der Waals surface area (Å²) < 4.78 is 5.50. The summed E-state index contributed by atoms with van der Waals surface area (Å²) in [6.45, 7) is 4.89. The average molecular weight is 1110 g/mol. The highest BCUT2D eigenvalue weighted by atomic mass is 16.5. The van der Waals surface area contributed by atoms with Crippen LogP contribution in [0.4, 0.5) is 0 Å². The van der Waals surface area contributed by atoms with E-state index in [4.69, 9.17) is 4.74 Å². The number of unbranched alkanes of at least 4 members (excludes halogenated alkanes) is 49. The minimum absolute atomic E-state index is 0.000129. The Morgan fingerprint density at radius 1 is 0.354 bits per heavy atom. The minimum atomic E-state index is -0.853. The number of ether oxygens (including phenoxy) is 1. The van der Waals surface area contributed by atoms with Crippen LogP contribution in [-0.4, -0.2) is 47.4 Å². The van der Waals surface area contributed by atoms with E-state index < -0.39 is 12.1 Å². The molecule has 1 amide bonds. The molecule has 79 heavy (non-hydrogen) atoms. The summed E-state index contributed by atoms with van der Waals surface area (Å²) in [6, 6.07) is -0.638. The third-order valence-corrected chi connectivity index (χ3v) is 16.3. The first kappa shape index (κ1) is 76.8. The van der Waals surface area contributed by atoms with Gasteiger partial charge in [0.15, 0.2) is 0 Å². The highest BCUT2D eigenvalue weighted by molar-refractivity contribution is 5.76. The predicted molar refractivity (Wildman–Crippen MR) is 347 cm³/mol. The molecule has 0 saturated carbocycles. The summed E-state index contributed by atoms with van der Waals surface area (Å²) in [5.74, 6) is -0.0746. The van der Waals surface area contributed by atoms with E-state index in [0.717, 1.165) is 57.8 Å². The molecule has 3 N–H and O–H groups in total. The second-order valence-electron chi connectivity index (χ2n) is 24.2. The van der Waals surface area contributed by atoms with Gasteiger partial charge in [0.25, 0.3) is 0 Å². The van der Waals surface area contributed by atoms with Gasteiger partial charge in [-0.2, -0.15) is 0 Å². The molecule has 0 radical (unpaired) electrons. The Labute approximate surface area is 493 Å². The third-order valence-electron chi connectivity index (χ3n) is 16.3. The van der Waals surface area contributed by atoms with Crippen LogP contribution < -0.4 is 5.32 Å². The van der Waals surface area contributed by atoms with Gasteiger partial charge in [0, 0.05) is 12.8 Å². The van der Waals surface area contributed by atoms with Crippen molar-refractivity contribution in [3.63, 3.8) is 0 Å². The molecule has 0 aromatic heterocycles. The molecule has 6 nitrogen and oxygen atoms in total. The molecule has 2 unspecified atom stereocenters. The summed E-state index contributed by atoms with van der Waals surface area (Å²) in [4.78, 5) is 24.6. The highest BCUT2D eigenvalue weighted by Crippen LogP contribution is 2.18. The number of nitrogens with one attached hydrogen (secondary N) is 1. The van der Waals surface area contributed by atoms with E-state index in [2.05, 4.69) is 55.6 Å². The standard InChI is InChI=1S/C73H137NO5/c1-3-5-7-9-11-13-15-17-19-21-23-24-25-26-27-30-33-37-41-45-49-53-57-61-65-71(76)70(69-75)74-72(77)66-62-58-54-50-46-42-38-34-31-28-32-36-40-44-48-52-56-60-64-68-79-73(78)67-63-59-55-51-47-43-39-35-29-22-20-18-16-14-12-10-8-6-4-2/h12,14,18,20,28,31,61,65,70-71,75-76H,3-11,13,15-17,19,21-27,29-30,32-60,62-64,66-69H2,1-2H3,(H,74,77)/b14-12-,20-18-,31-28-,65-61+. The lowest BCUT2D eigenvalue weighted by Gasteiger charge is -2.20. The number of aliphatic hydroxyl groups excluding tert-OH is 2. The molecular formula is C73H137NO5. The Morgan fingerprint density at radius 2 is 0.633 bits per heavy atom. The van der Waals surface area contributed by atoms with Crippen molar-refractivity contribution in [1.82, 2.24) is 5.32 Å². The van der Waals surface area contributed by atoms with Gasteiger partial charge >= 0.3 is 5.97 Å². The van der Waals surface area contributed by atoms with Gasteiger partial charge in [-0.3, -0.25) is 9.59 Å². The maximum atomic E-state index is 12.5. The molecule has 0 fully saturated rings. The summed E-state index contributed by atoms with van der Waals surface area (Å²) in [5.41, 5.74) is 0. The first-order valence-electron chi connectivity index (χ1n) is 35.4. The van der Waals surface area contributed by atoms with Gasteiger partial charge in [-0.05, 0) is 89.9 Å². The minimum Gasteiger partial charge on any atom is -0.466 e.